The predicted molar refractivity (Wildman–Crippen MR) is 75.3 cm³/mol. The van der Waals surface area contributed by atoms with Crippen LogP contribution in [0.5, 0.6) is 0 Å². The highest BCUT2D eigenvalue weighted by Gasteiger charge is 2.14. The second-order valence-electron chi connectivity index (χ2n) is 5.57. The molecule has 1 heterocycles. The van der Waals surface area contributed by atoms with Gasteiger partial charge < -0.3 is 5.11 Å². The summed E-state index contributed by atoms with van der Waals surface area (Å²) < 4.78 is 0. The Morgan fingerprint density at radius 1 is 1.16 bits per heavy atom. The minimum atomic E-state index is -0.935. The topological polar surface area (TPSA) is 50.2 Å². The second-order valence-corrected chi connectivity index (χ2v) is 5.57. The van der Waals surface area contributed by atoms with Gasteiger partial charge in [-0.05, 0) is 29.2 Å². The van der Waals surface area contributed by atoms with Gasteiger partial charge in [-0.3, -0.25) is 4.98 Å². The van der Waals surface area contributed by atoms with Gasteiger partial charge in [-0.15, -0.1) is 0 Å². The molecule has 0 saturated heterocycles. The molecular weight excluding hydrogens is 238 g/mol. The van der Waals surface area contributed by atoms with E-state index in [1.165, 1.54) is 17.8 Å². The third-order valence-corrected chi connectivity index (χ3v) is 3.03. The zero-order valence-corrected chi connectivity index (χ0v) is 11.3. The molecule has 0 amide bonds. The second kappa shape index (κ2) is 4.84. The maximum atomic E-state index is 11.0. The van der Waals surface area contributed by atoms with Gasteiger partial charge in [-0.25, -0.2) is 4.79 Å². The fraction of sp³-hybridized carbons (Fsp3) is 0.250. The van der Waals surface area contributed by atoms with Crippen molar-refractivity contribution in [3.63, 3.8) is 0 Å². The van der Waals surface area contributed by atoms with Gasteiger partial charge in [0.15, 0.2) is 0 Å². The van der Waals surface area contributed by atoms with Crippen molar-refractivity contribution in [3.8, 4) is 11.3 Å². The maximum Gasteiger partial charge on any atom is 0.335 e. The molecule has 0 spiro atoms. The third kappa shape index (κ3) is 2.99. The Bertz CT molecular complexity index is 612. The van der Waals surface area contributed by atoms with E-state index in [4.69, 9.17) is 5.11 Å². The van der Waals surface area contributed by atoms with Crippen LogP contribution < -0.4 is 0 Å². The minimum Gasteiger partial charge on any atom is -0.478 e. The number of carbonyl (C=O) groups is 1. The molecule has 0 atom stereocenters. The van der Waals surface area contributed by atoms with Crippen molar-refractivity contribution in [2.75, 3.05) is 0 Å². The monoisotopic (exact) mass is 255 g/mol. The van der Waals surface area contributed by atoms with E-state index in [-0.39, 0.29) is 11.0 Å². The summed E-state index contributed by atoms with van der Waals surface area (Å²) in [7, 11) is 0. The average molecular weight is 255 g/mol. The first-order chi connectivity index (χ1) is 8.88. The molecule has 2 rings (SSSR count). The zero-order chi connectivity index (χ0) is 14.0. The van der Waals surface area contributed by atoms with Crippen molar-refractivity contribution in [2.45, 2.75) is 26.2 Å². The number of carboxylic acids is 1. The highest BCUT2D eigenvalue weighted by molar-refractivity contribution is 5.88. The van der Waals surface area contributed by atoms with Crippen molar-refractivity contribution >= 4 is 5.97 Å². The summed E-state index contributed by atoms with van der Waals surface area (Å²) in [5.74, 6) is -0.935. The maximum absolute atomic E-state index is 11.0. The molecule has 0 bridgehead atoms. The number of carboxylic acid groups (broad SMARTS) is 1. The standard InChI is InChI=1S/C16H17NO2/c1-16(2,3)13-6-4-5-11(9-13)14-10-12(15(18)19)7-8-17-14/h4-10H,1-3H3,(H,18,19). The van der Waals surface area contributed by atoms with Crippen LogP contribution in [0.1, 0.15) is 36.7 Å². The number of hydrogen-bond donors (Lipinski definition) is 1. The normalized spacial score (nSPS) is 11.3. The number of benzene rings is 1. The van der Waals surface area contributed by atoms with Crippen LogP contribution in [0.15, 0.2) is 42.6 Å². The molecular formula is C16H17NO2. The van der Waals surface area contributed by atoms with E-state index in [0.717, 1.165) is 5.56 Å². The molecule has 0 fully saturated rings. The smallest absolute Gasteiger partial charge is 0.335 e. The Morgan fingerprint density at radius 2 is 1.89 bits per heavy atom. The Balaban J connectivity index is 2.48. The quantitative estimate of drug-likeness (QED) is 0.889. The van der Waals surface area contributed by atoms with Crippen molar-refractivity contribution in [1.29, 1.82) is 0 Å². The van der Waals surface area contributed by atoms with Gasteiger partial charge in [0.2, 0.25) is 0 Å². The Hall–Kier alpha value is -2.16. The van der Waals surface area contributed by atoms with E-state index in [1.54, 1.807) is 6.07 Å². The van der Waals surface area contributed by atoms with Crippen LogP contribution >= 0.6 is 0 Å². The van der Waals surface area contributed by atoms with Crippen LogP contribution in [0.3, 0.4) is 0 Å². The van der Waals surface area contributed by atoms with Crippen LogP contribution in [0.25, 0.3) is 11.3 Å². The van der Waals surface area contributed by atoms with Crippen molar-refractivity contribution in [2.24, 2.45) is 0 Å². The lowest BCUT2D eigenvalue weighted by Crippen LogP contribution is -2.10. The average Bonchev–Trinajstić information content (AvgIpc) is 2.38. The van der Waals surface area contributed by atoms with E-state index in [2.05, 4.69) is 37.9 Å². The Labute approximate surface area is 112 Å². The zero-order valence-electron chi connectivity index (χ0n) is 11.3. The molecule has 0 aliphatic carbocycles. The van der Waals surface area contributed by atoms with Crippen LogP contribution in [0.4, 0.5) is 0 Å². The molecule has 0 unspecified atom stereocenters. The molecule has 1 N–H and O–H groups in total. The Kier molecular flexibility index (Phi) is 3.38. The molecule has 2 aromatic rings. The fourth-order valence-corrected chi connectivity index (χ4v) is 1.87. The summed E-state index contributed by atoms with van der Waals surface area (Å²) in [4.78, 5) is 15.2. The first-order valence-electron chi connectivity index (χ1n) is 6.18. The van der Waals surface area contributed by atoms with Crippen molar-refractivity contribution < 1.29 is 9.90 Å². The number of rotatable bonds is 2. The first kappa shape index (κ1) is 13.3. The van der Waals surface area contributed by atoms with Gasteiger partial charge in [0.05, 0.1) is 11.3 Å². The van der Waals surface area contributed by atoms with Crippen LogP contribution in [-0.2, 0) is 5.41 Å². The molecule has 1 aromatic heterocycles. The number of hydrogen-bond acceptors (Lipinski definition) is 2. The van der Waals surface area contributed by atoms with Gasteiger partial charge in [0, 0.05) is 11.8 Å². The van der Waals surface area contributed by atoms with Crippen LogP contribution in [-0.4, -0.2) is 16.1 Å². The number of pyridine rings is 1. The lowest BCUT2D eigenvalue weighted by molar-refractivity contribution is 0.0697. The summed E-state index contributed by atoms with van der Waals surface area (Å²) in [6.07, 6.45) is 1.53. The van der Waals surface area contributed by atoms with E-state index in [9.17, 15) is 4.79 Å². The van der Waals surface area contributed by atoms with Crippen molar-refractivity contribution in [3.05, 3.63) is 53.7 Å². The summed E-state index contributed by atoms with van der Waals surface area (Å²) in [5.41, 5.74) is 3.14. The lowest BCUT2D eigenvalue weighted by atomic mass is 9.86. The minimum absolute atomic E-state index is 0.0560. The summed E-state index contributed by atoms with van der Waals surface area (Å²) >= 11 is 0. The van der Waals surface area contributed by atoms with Gasteiger partial charge >= 0.3 is 5.97 Å². The number of aromatic carboxylic acids is 1. The highest BCUT2D eigenvalue weighted by atomic mass is 16.4. The predicted octanol–water partition coefficient (Wildman–Crippen LogP) is 3.74. The molecule has 1 aromatic carbocycles. The molecule has 0 saturated carbocycles. The Morgan fingerprint density at radius 3 is 2.53 bits per heavy atom. The van der Waals surface area contributed by atoms with Gasteiger partial charge in [0.25, 0.3) is 0 Å². The van der Waals surface area contributed by atoms with Crippen molar-refractivity contribution in [1.82, 2.24) is 4.98 Å². The van der Waals surface area contributed by atoms with Gasteiger partial charge in [-0.1, -0.05) is 39.0 Å². The third-order valence-electron chi connectivity index (χ3n) is 3.03. The number of nitrogens with zero attached hydrogens (tertiary/aromatic N) is 1. The first-order valence-corrected chi connectivity index (χ1v) is 6.18. The molecule has 19 heavy (non-hydrogen) atoms. The molecule has 0 aliphatic heterocycles. The molecule has 0 radical (unpaired) electrons. The summed E-state index contributed by atoms with van der Waals surface area (Å²) in [6, 6.07) is 11.2. The SMILES string of the molecule is CC(C)(C)c1cccc(-c2cc(C(=O)O)ccn2)c1. The largest absolute Gasteiger partial charge is 0.478 e. The fourth-order valence-electron chi connectivity index (χ4n) is 1.87. The highest BCUT2D eigenvalue weighted by Crippen LogP contribution is 2.26. The molecule has 3 nitrogen and oxygen atoms in total. The van der Waals surface area contributed by atoms with E-state index in [0.29, 0.717) is 5.69 Å². The van der Waals surface area contributed by atoms with Gasteiger partial charge in [0.1, 0.15) is 0 Å². The van der Waals surface area contributed by atoms with Crippen LogP contribution in [0, 0.1) is 0 Å². The summed E-state index contributed by atoms with van der Waals surface area (Å²) in [5, 5.41) is 9.01. The van der Waals surface area contributed by atoms with E-state index in [1.807, 2.05) is 12.1 Å². The van der Waals surface area contributed by atoms with E-state index < -0.39 is 5.97 Å². The lowest BCUT2D eigenvalue weighted by Gasteiger charge is -2.19. The number of aromatic nitrogens is 1. The molecule has 3 heteroatoms. The van der Waals surface area contributed by atoms with E-state index >= 15 is 0 Å². The molecule has 0 aliphatic rings. The molecule has 98 valence electrons. The van der Waals surface area contributed by atoms with Crippen LogP contribution in [0.2, 0.25) is 0 Å². The van der Waals surface area contributed by atoms with Gasteiger partial charge in [-0.2, -0.15) is 0 Å². The summed E-state index contributed by atoms with van der Waals surface area (Å²) in [6.45, 7) is 6.44.